The van der Waals surface area contributed by atoms with E-state index in [1.54, 1.807) is 0 Å². The first-order valence-electron chi connectivity index (χ1n) is 27.7. The number of aromatic amines is 1. The lowest BCUT2D eigenvalue weighted by molar-refractivity contribution is 0.665. The molecule has 0 aliphatic carbocycles. The standard InChI is InChI=1S/C15H18N2.C15H20N2.C11H16BrN.C4H5N.9C2H6.HI.H2/c1-13-7-2-3-10-15(13)17-12-6-9-14-8-4-5-11-16-14;1-2-14-8-3-4-9-15(14)16-10-7-13-17-11-5-6-12-17;1-2-10-6-3-4-7-11(10)13-9-5-8-12;1-2-4-5-3-1;9*1-2;;/h2-5,7-8,10-11,17H,6,9,12H2,1H3;3-6,8-9,11-12,16H,2,7,10,13H2,1H3;3-4,6-7,13H,2,5,8-9H2,1H3;1-5H;9*1-2H3;2*1H. The van der Waals surface area contributed by atoms with Gasteiger partial charge in [0.05, 0.1) is 0 Å². The number of nitrogens with one attached hydrogen (secondary N) is 4. The number of benzene rings is 3. The van der Waals surface area contributed by atoms with Crippen LogP contribution in [0.25, 0.3) is 0 Å². The maximum absolute atomic E-state index is 4.31. The van der Waals surface area contributed by atoms with Crippen LogP contribution in [0, 0.1) is 6.92 Å². The summed E-state index contributed by atoms with van der Waals surface area (Å²) in [5.41, 5.74) is 9.05. The Morgan fingerprint density at radius 2 is 0.873 bits per heavy atom. The Morgan fingerprint density at radius 1 is 0.479 bits per heavy atom. The molecule has 0 fully saturated rings. The monoisotopic (exact) mass is 1160 g/mol. The van der Waals surface area contributed by atoms with Gasteiger partial charge in [0.2, 0.25) is 0 Å². The van der Waals surface area contributed by atoms with Gasteiger partial charge < -0.3 is 25.5 Å². The van der Waals surface area contributed by atoms with E-state index in [1.165, 1.54) is 39.4 Å². The number of anilines is 3. The lowest BCUT2D eigenvalue weighted by Crippen LogP contribution is -2.07. The summed E-state index contributed by atoms with van der Waals surface area (Å²) in [5, 5.41) is 11.5. The molecule has 6 rings (SSSR count). The van der Waals surface area contributed by atoms with Crippen LogP contribution in [-0.4, -0.2) is 39.5 Å². The minimum Gasteiger partial charge on any atom is -0.385 e. The molecule has 71 heavy (non-hydrogen) atoms. The van der Waals surface area contributed by atoms with E-state index in [4.69, 9.17) is 0 Å². The van der Waals surface area contributed by atoms with Crippen LogP contribution in [0.3, 0.4) is 0 Å². The van der Waals surface area contributed by atoms with Gasteiger partial charge in [-0.05, 0) is 117 Å². The van der Waals surface area contributed by atoms with Crippen molar-refractivity contribution in [1.29, 1.82) is 0 Å². The number of hydrogen-bond donors (Lipinski definition) is 4. The smallest absolute Gasteiger partial charge is 0.0404 e. The minimum atomic E-state index is 0. The maximum atomic E-state index is 4.31. The van der Waals surface area contributed by atoms with Gasteiger partial charge in [-0.1, -0.05) is 215 Å². The molecule has 0 atom stereocenters. The van der Waals surface area contributed by atoms with Gasteiger partial charge in [-0.3, -0.25) is 4.98 Å². The fraction of sp³-hybridized carbons (Fsp3) is 0.508. The van der Waals surface area contributed by atoms with Crippen LogP contribution in [-0.2, 0) is 25.8 Å². The van der Waals surface area contributed by atoms with Gasteiger partial charge in [0.25, 0.3) is 0 Å². The minimum absolute atomic E-state index is 0. The Hall–Kier alpha value is -4.02. The summed E-state index contributed by atoms with van der Waals surface area (Å²) in [7, 11) is 0. The molecule has 3 aromatic heterocycles. The summed E-state index contributed by atoms with van der Waals surface area (Å²) < 4.78 is 2.22. The Labute approximate surface area is 469 Å². The molecule has 412 valence electrons. The Morgan fingerprint density at radius 3 is 1.27 bits per heavy atom. The third-order valence-electron chi connectivity index (χ3n) is 8.29. The quantitative estimate of drug-likeness (QED) is 0.0443. The van der Waals surface area contributed by atoms with Gasteiger partial charge in [0.1, 0.15) is 0 Å². The van der Waals surface area contributed by atoms with E-state index in [0.29, 0.717) is 0 Å². The first-order chi connectivity index (χ1) is 34.6. The number of hydrogen-bond acceptors (Lipinski definition) is 4. The maximum Gasteiger partial charge on any atom is 0.0404 e. The highest BCUT2D eigenvalue weighted by Crippen LogP contribution is 2.16. The van der Waals surface area contributed by atoms with E-state index in [0.717, 1.165) is 70.0 Å². The average molecular weight is 1160 g/mol. The summed E-state index contributed by atoms with van der Waals surface area (Å²) in [5.74, 6) is 0. The van der Waals surface area contributed by atoms with E-state index in [1.807, 2.05) is 167 Å². The summed E-state index contributed by atoms with van der Waals surface area (Å²) in [6.45, 7) is 46.6. The molecule has 0 amide bonds. The van der Waals surface area contributed by atoms with Gasteiger partial charge in [-0.2, -0.15) is 0 Å². The molecule has 3 aromatic carbocycles. The summed E-state index contributed by atoms with van der Waals surface area (Å²) >= 11 is 3.42. The van der Waals surface area contributed by atoms with Gasteiger partial charge in [-0.25, -0.2) is 0 Å². The summed E-state index contributed by atoms with van der Waals surface area (Å²) in [4.78, 5) is 7.17. The highest BCUT2D eigenvalue weighted by molar-refractivity contribution is 14.0. The molecule has 6 nitrogen and oxygen atoms in total. The largest absolute Gasteiger partial charge is 0.385 e. The van der Waals surface area contributed by atoms with Crippen molar-refractivity contribution >= 4 is 57.0 Å². The molecule has 0 bridgehead atoms. The van der Waals surface area contributed by atoms with Crippen LogP contribution in [0.5, 0.6) is 0 Å². The van der Waals surface area contributed by atoms with Gasteiger partial charge in [0, 0.05) is 86.7 Å². The number of aryl methyl sites for hydroxylation is 5. The van der Waals surface area contributed by atoms with Crippen LogP contribution < -0.4 is 16.0 Å². The highest BCUT2D eigenvalue weighted by Gasteiger charge is 1.99. The predicted octanol–water partition coefficient (Wildman–Crippen LogP) is 21.5. The third kappa shape index (κ3) is 52.1. The molecule has 0 saturated carbocycles. The molecule has 4 N–H and O–H groups in total. The van der Waals surface area contributed by atoms with Crippen molar-refractivity contribution in [3.63, 3.8) is 0 Å². The van der Waals surface area contributed by atoms with E-state index in [2.05, 4.69) is 171 Å². The molecule has 0 spiro atoms. The highest BCUT2D eigenvalue weighted by atomic mass is 127. The molecule has 0 aliphatic heterocycles. The number of H-pyrrole nitrogens is 1. The zero-order chi connectivity index (χ0) is 54.9. The zero-order valence-electron chi connectivity index (χ0n) is 49.8. The van der Waals surface area contributed by atoms with E-state index in [-0.39, 0.29) is 25.4 Å². The molecular formula is C63H116BrIN6. The molecule has 0 radical (unpaired) electrons. The first kappa shape index (κ1) is 83.8. The molecule has 6 aromatic rings. The summed E-state index contributed by atoms with van der Waals surface area (Å²) in [6.07, 6.45) is 16.4. The summed E-state index contributed by atoms with van der Waals surface area (Å²) in [6, 6.07) is 39.5. The Bertz CT molecular complexity index is 1690. The fourth-order valence-electron chi connectivity index (χ4n) is 5.38. The van der Waals surface area contributed by atoms with E-state index >= 15 is 0 Å². The molecular weight excluding hydrogens is 1050 g/mol. The normalized spacial score (nSPS) is 8.08. The average Bonchev–Trinajstić information content (AvgIpc) is 4.25. The van der Waals surface area contributed by atoms with Crippen LogP contribution in [0.2, 0.25) is 0 Å². The van der Waals surface area contributed by atoms with E-state index < -0.39 is 0 Å². The SMILES string of the molecule is CC.CC.CC.CC.CC.CC.CC.CC.CC.CCc1ccccc1NCCCBr.CCc1ccccc1NCCCn1cccc1.Cc1ccccc1NCCCc1ccccn1.I.[HH].c1cc[nH]c1. The van der Waals surface area contributed by atoms with Crippen molar-refractivity contribution < 1.29 is 1.43 Å². The van der Waals surface area contributed by atoms with Crippen LogP contribution >= 0.6 is 39.9 Å². The van der Waals surface area contributed by atoms with Crippen molar-refractivity contribution in [3.05, 3.63) is 169 Å². The number of aromatic nitrogens is 3. The lowest BCUT2D eigenvalue weighted by atomic mass is 10.1. The molecule has 0 saturated heterocycles. The second kappa shape index (κ2) is 77.4. The second-order valence-electron chi connectivity index (χ2n) is 12.2. The van der Waals surface area contributed by atoms with Gasteiger partial charge in [0.15, 0.2) is 0 Å². The van der Waals surface area contributed by atoms with Crippen molar-refractivity contribution in [2.75, 3.05) is 40.9 Å². The fourth-order valence-corrected chi connectivity index (χ4v) is 5.66. The number of alkyl halides is 1. The molecule has 3 heterocycles. The Balaban J connectivity index is -0.0000000970. The number of pyridine rings is 1. The predicted molar refractivity (Wildman–Crippen MR) is 349 cm³/mol. The van der Waals surface area contributed by atoms with Crippen LogP contribution in [0.1, 0.15) is 182 Å². The second-order valence-corrected chi connectivity index (χ2v) is 13.0. The topological polar surface area (TPSA) is 69.7 Å². The number of para-hydroxylation sites is 3. The number of nitrogens with zero attached hydrogens (tertiary/aromatic N) is 2. The molecule has 8 heteroatoms. The van der Waals surface area contributed by atoms with Crippen LogP contribution in [0.4, 0.5) is 17.1 Å². The number of halogens is 2. The van der Waals surface area contributed by atoms with Gasteiger partial charge >= 0.3 is 0 Å². The van der Waals surface area contributed by atoms with E-state index in [9.17, 15) is 0 Å². The third-order valence-corrected chi connectivity index (χ3v) is 8.85. The Kier molecular flexibility index (Phi) is 91.4. The lowest BCUT2D eigenvalue weighted by Gasteiger charge is -2.10. The number of rotatable bonds is 16. The van der Waals surface area contributed by atoms with Gasteiger partial charge in [-0.15, -0.1) is 24.0 Å². The van der Waals surface area contributed by atoms with Crippen molar-refractivity contribution in [1.82, 2.24) is 14.5 Å². The van der Waals surface area contributed by atoms with Crippen LogP contribution in [0.15, 0.2) is 146 Å². The zero-order valence-corrected chi connectivity index (χ0v) is 53.7. The molecule has 0 aliphatic rings. The van der Waals surface area contributed by atoms with Crippen molar-refractivity contribution in [3.8, 4) is 0 Å². The van der Waals surface area contributed by atoms with Crippen molar-refractivity contribution in [2.24, 2.45) is 0 Å². The van der Waals surface area contributed by atoms with Crippen molar-refractivity contribution in [2.45, 2.75) is 190 Å². The first-order valence-corrected chi connectivity index (χ1v) is 28.8. The molecule has 0 unspecified atom stereocenters.